The molecule has 1 amide bonds. The molecule has 132 valence electrons. The Balaban J connectivity index is 1.90. The van der Waals surface area contributed by atoms with Gasteiger partial charge >= 0.3 is 0 Å². The maximum absolute atomic E-state index is 12.2. The lowest BCUT2D eigenvalue weighted by Crippen LogP contribution is -2.44. The van der Waals surface area contributed by atoms with Crippen LogP contribution < -0.4 is 14.8 Å². The standard InChI is InChI=1S/C19H28N2O3/c1-4-12-21-13-10-16(11-14-21)20-18(22)9-8-15-6-5-7-17(23-2)19(15)24-3/h5-9,16H,4,10-14H2,1-3H3,(H,20,22)/b9-8+. The molecule has 5 heteroatoms. The molecule has 1 aliphatic heterocycles. The van der Waals surface area contributed by atoms with E-state index in [2.05, 4.69) is 17.1 Å². The number of nitrogens with zero attached hydrogens (tertiary/aromatic N) is 1. The Bertz CT molecular complexity index is 564. The summed E-state index contributed by atoms with van der Waals surface area (Å²) in [7, 11) is 3.20. The summed E-state index contributed by atoms with van der Waals surface area (Å²) in [4.78, 5) is 14.6. The minimum atomic E-state index is -0.0613. The van der Waals surface area contributed by atoms with Crippen LogP contribution in [0.4, 0.5) is 0 Å². The summed E-state index contributed by atoms with van der Waals surface area (Å²) in [5.41, 5.74) is 0.824. The fourth-order valence-corrected chi connectivity index (χ4v) is 3.08. The molecular formula is C19H28N2O3. The molecule has 0 atom stereocenters. The number of piperidine rings is 1. The SMILES string of the molecule is CCCN1CCC(NC(=O)/C=C/c2cccc(OC)c2OC)CC1. The van der Waals surface area contributed by atoms with Crippen molar-refractivity contribution in [1.29, 1.82) is 0 Å². The van der Waals surface area contributed by atoms with Crippen LogP contribution in [0, 0.1) is 0 Å². The van der Waals surface area contributed by atoms with Gasteiger partial charge in [0.2, 0.25) is 5.91 Å². The van der Waals surface area contributed by atoms with Crippen molar-refractivity contribution in [2.24, 2.45) is 0 Å². The van der Waals surface area contributed by atoms with Crippen LogP contribution in [0.2, 0.25) is 0 Å². The van der Waals surface area contributed by atoms with Crippen molar-refractivity contribution in [1.82, 2.24) is 10.2 Å². The van der Waals surface area contributed by atoms with Crippen LogP contribution in [-0.4, -0.2) is 50.7 Å². The van der Waals surface area contributed by atoms with Gasteiger partial charge in [0.1, 0.15) is 0 Å². The first-order chi connectivity index (χ1) is 11.7. The summed E-state index contributed by atoms with van der Waals surface area (Å²) in [5, 5.41) is 3.09. The number of benzene rings is 1. The number of methoxy groups -OCH3 is 2. The van der Waals surface area contributed by atoms with Gasteiger partial charge in [0.15, 0.2) is 11.5 Å². The first-order valence-corrected chi connectivity index (χ1v) is 8.59. The second kappa shape index (κ2) is 9.33. The highest BCUT2D eigenvalue weighted by Gasteiger charge is 2.19. The molecule has 0 saturated carbocycles. The lowest BCUT2D eigenvalue weighted by Gasteiger charge is -2.31. The van der Waals surface area contributed by atoms with Crippen molar-refractivity contribution in [3.8, 4) is 11.5 Å². The van der Waals surface area contributed by atoms with Gasteiger partial charge in [-0.2, -0.15) is 0 Å². The molecule has 1 fully saturated rings. The van der Waals surface area contributed by atoms with Gasteiger partial charge in [-0.1, -0.05) is 19.1 Å². The summed E-state index contributed by atoms with van der Waals surface area (Å²) >= 11 is 0. The number of para-hydroxylation sites is 1. The molecule has 24 heavy (non-hydrogen) atoms. The van der Waals surface area contributed by atoms with Crippen molar-refractivity contribution in [2.45, 2.75) is 32.2 Å². The highest BCUT2D eigenvalue weighted by molar-refractivity contribution is 5.92. The number of likely N-dealkylation sites (tertiary alicyclic amines) is 1. The number of amides is 1. The van der Waals surface area contributed by atoms with Crippen molar-refractivity contribution in [3.63, 3.8) is 0 Å². The van der Waals surface area contributed by atoms with Crippen LogP contribution in [0.25, 0.3) is 6.08 Å². The van der Waals surface area contributed by atoms with Crippen LogP contribution in [0.3, 0.4) is 0 Å². The first kappa shape index (κ1) is 18.3. The van der Waals surface area contributed by atoms with Gasteiger partial charge in [-0.15, -0.1) is 0 Å². The summed E-state index contributed by atoms with van der Waals surface area (Å²) in [6, 6.07) is 5.87. The maximum Gasteiger partial charge on any atom is 0.244 e. The Hall–Kier alpha value is -2.01. The summed E-state index contributed by atoms with van der Waals surface area (Å²) in [5.74, 6) is 1.23. The van der Waals surface area contributed by atoms with Crippen molar-refractivity contribution in [3.05, 3.63) is 29.8 Å². The van der Waals surface area contributed by atoms with E-state index in [0.29, 0.717) is 11.5 Å². The Kier molecular flexibility index (Phi) is 7.12. The zero-order chi connectivity index (χ0) is 17.4. The summed E-state index contributed by atoms with van der Waals surface area (Å²) in [6.45, 7) is 5.47. The molecule has 2 rings (SSSR count). The van der Waals surface area contributed by atoms with Crippen LogP contribution >= 0.6 is 0 Å². The van der Waals surface area contributed by atoms with Crippen molar-refractivity contribution >= 4 is 12.0 Å². The Morgan fingerprint density at radius 3 is 2.67 bits per heavy atom. The maximum atomic E-state index is 12.2. The minimum absolute atomic E-state index is 0.0613. The molecule has 0 unspecified atom stereocenters. The number of ether oxygens (including phenoxy) is 2. The molecule has 1 heterocycles. The molecule has 1 saturated heterocycles. The fraction of sp³-hybridized carbons (Fsp3) is 0.526. The number of carbonyl (C=O) groups is 1. The van der Waals surface area contributed by atoms with Gasteiger partial charge in [0.25, 0.3) is 0 Å². The van der Waals surface area contributed by atoms with E-state index in [1.54, 1.807) is 26.4 Å². The monoisotopic (exact) mass is 332 g/mol. The van der Waals surface area contributed by atoms with Gasteiger partial charge < -0.3 is 19.7 Å². The second-order valence-electron chi connectivity index (χ2n) is 6.04. The van der Waals surface area contributed by atoms with Crippen molar-refractivity contribution in [2.75, 3.05) is 33.9 Å². The Morgan fingerprint density at radius 1 is 1.29 bits per heavy atom. The average molecular weight is 332 g/mol. The number of rotatable bonds is 7. The lowest BCUT2D eigenvalue weighted by atomic mass is 10.0. The molecular weight excluding hydrogens is 304 g/mol. The van der Waals surface area contributed by atoms with E-state index in [-0.39, 0.29) is 11.9 Å². The topological polar surface area (TPSA) is 50.8 Å². The molecule has 0 aliphatic carbocycles. The molecule has 0 aromatic heterocycles. The first-order valence-electron chi connectivity index (χ1n) is 8.59. The normalized spacial score (nSPS) is 16.3. The number of hydrogen-bond donors (Lipinski definition) is 1. The van der Waals surface area contributed by atoms with Crippen LogP contribution in [0.15, 0.2) is 24.3 Å². The average Bonchev–Trinajstić information content (AvgIpc) is 2.61. The molecule has 0 spiro atoms. The quantitative estimate of drug-likeness (QED) is 0.780. The smallest absolute Gasteiger partial charge is 0.244 e. The van der Waals surface area contributed by atoms with Crippen LogP contribution in [0.1, 0.15) is 31.7 Å². The molecule has 0 bridgehead atoms. The van der Waals surface area contributed by atoms with Gasteiger partial charge in [-0.25, -0.2) is 0 Å². The summed E-state index contributed by atoms with van der Waals surface area (Å²) in [6.07, 6.45) is 6.55. The predicted molar refractivity (Wildman–Crippen MR) is 96.5 cm³/mol. The lowest BCUT2D eigenvalue weighted by molar-refractivity contribution is -0.117. The summed E-state index contributed by atoms with van der Waals surface area (Å²) < 4.78 is 10.6. The highest BCUT2D eigenvalue weighted by atomic mass is 16.5. The van der Waals surface area contributed by atoms with Crippen LogP contribution in [-0.2, 0) is 4.79 Å². The van der Waals surface area contributed by atoms with Crippen LogP contribution in [0.5, 0.6) is 11.5 Å². The van der Waals surface area contributed by atoms with E-state index in [0.717, 1.165) is 38.0 Å². The molecule has 1 aliphatic rings. The van der Waals surface area contributed by atoms with E-state index in [4.69, 9.17) is 9.47 Å². The zero-order valence-electron chi connectivity index (χ0n) is 14.9. The predicted octanol–water partition coefficient (Wildman–Crippen LogP) is 2.71. The number of carbonyl (C=O) groups excluding carboxylic acids is 1. The second-order valence-corrected chi connectivity index (χ2v) is 6.04. The van der Waals surface area contributed by atoms with Gasteiger partial charge in [0, 0.05) is 30.8 Å². The fourth-order valence-electron chi connectivity index (χ4n) is 3.08. The van der Waals surface area contributed by atoms with E-state index in [1.165, 1.54) is 6.42 Å². The molecule has 0 radical (unpaired) electrons. The van der Waals surface area contributed by atoms with Gasteiger partial charge in [0.05, 0.1) is 14.2 Å². The molecule has 1 aromatic carbocycles. The van der Waals surface area contributed by atoms with E-state index in [9.17, 15) is 4.79 Å². The number of nitrogens with one attached hydrogen (secondary N) is 1. The van der Waals surface area contributed by atoms with Gasteiger partial charge in [-0.05, 0) is 37.9 Å². The van der Waals surface area contributed by atoms with Crippen molar-refractivity contribution < 1.29 is 14.3 Å². The largest absolute Gasteiger partial charge is 0.493 e. The number of hydrogen-bond acceptors (Lipinski definition) is 4. The minimum Gasteiger partial charge on any atom is -0.493 e. The molecule has 1 aromatic rings. The third-order valence-corrected chi connectivity index (χ3v) is 4.32. The Labute approximate surface area is 144 Å². The Morgan fingerprint density at radius 2 is 2.04 bits per heavy atom. The molecule has 5 nitrogen and oxygen atoms in total. The van der Waals surface area contributed by atoms with Gasteiger partial charge in [-0.3, -0.25) is 4.79 Å². The van der Waals surface area contributed by atoms with E-state index < -0.39 is 0 Å². The highest BCUT2D eigenvalue weighted by Crippen LogP contribution is 2.31. The van der Waals surface area contributed by atoms with E-state index >= 15 is 0 Å². The zero-order valence-corrected chi connectivity index (χ0v) is 14.9. The third kappa shape index (κ3) is 4.99. The third-order valence-electron chi connectivity index (χ3n) is 4.32. The van der Waals surface area contributed by atoms with E-state index in [1.807, 2.05) is 18.2 Å². The molecule has 1 N–H and O–H groups in total.